The van der Waals surface area contributed by atoms with E-state index < -0.39 is 10.8 Å². The number of nitrogens with one attached hydrogen (secondary N) is 3. The molecule has 3 aromatic carbocycles. The monoisotopic (exact) mass is 454 g/mol. The highest BCUT2D eigenvalue weighted by atomic mass is 35.5. The molecule has 10 heteroatoms. The van der Waals surface area contributed by atoms with Crippen LogP contribution in [0.2, 0.25) is 5.02 Å². The summed E-state index contributed by atoms with van der Waals surface area (Å²) in [5.74, 6) is -1.09. The molecule has 0 atom stereocenters. The summed E-state index contributed by atoms with van der Waals surface area (Å²) in [7, 11) is 0. The second kappa shape index (κ2) is 9.79. The first-order valence-corrected chi connectivity index (χ1v) is 9.65. The van der Waals surface area contributed by atoms with Crippen LogP contribution in [0.4, 0.5) is 17.1 Å². The van der Waals surface area contributed by atoms with Gasteiger partial charge in [0.15, 0.2) is 5.11 Å². The summed E-state index contributed by atoms with van der Waals surface area (Å²) in [6.45, 7) is 0. The number of halogens is 1. The fourth-order valence-electron chi connectivity index (χ4n) is 2.68. The molecule has 2 amide bonds. The Morgan fingerprint density at radius 2 is 1.45 bits per heavy atom. The van der Waals surface area contributed by atoms with Crippen molar-refractivity contribution in [2.75, 3.05) is 10.6 Å². The Balaban J connectivity index is 1.66. The summed E-state index contributed by atoms with van der Waals surface area (Å²) in [6, 6.07) is 18.8. The fourth-order valence-corrected chi connectivity index (χ4v) is 3.11. The van der Waals surface area contributed by atoms with Gasteiger partial charge >= 0.3 is 0 Å². The normalized spacial score (nSPS) is 10.1. The zero-order chi connectivity index (χ0) is 22.4. The minimum atomic E-state index is -0.715. The molecule has 8 nitrogen and oxygen atoms in total. The molecule has 0 spiro atoms. The molecule has 0 aliphatic rings. The number of rotatable bonds is 5. The van der Waals surface area contributed by atoms with Crippen molar-refractivity contribution in [1.82, 2.24) is 5.32 Å². The molecule has 3 aromatic rings. The predicted molar refractivity (Wildman–Crippen MR) is 123 cm³/mol. The van der Waals surface area contributed by atoms with Gasteiger partial charge in [-0.1, -0.05) is 41.9 Å². The first-order chi connectivity index (χ1) is 14.8. The van der Waals surface area contributed by atoms with Crippen LogP contribution >= 0.6 is 23.8 Å². The lowest BCUT2D eigenvalue weighted by atomic mass is 10.1. The molecular weight excluding hydrogens is 440 g/mol. The molecule has 0 aromatic heterocycles. The van der Waals surface area contributed by atoms with Gasteiger partial charge in [-0.3, -0.25) is 25.0 Å². The number of carbonyl (C=O) groups is 2. The number of nitro groups is 1. The lowest BCUT2D eigenvalue weighted by Crippen LogP contribution is -2.34. The van der Waals surface area contributed by atoms with Gasteiger partial charge in [0.1, 0.15) is 5.56 Å². The Morgan fingerprint density at radius 1 is 0.839 bits per heavy atom. The van der Waals surface area contributed by atoms with Crippen molar-refractivity contribution in [2.45, 2.75) is 0 Å². The van der Waals surface area contributed by atoms with Crippen LogP contribution in [0.25, 0.3) is 0 Å². The van der Waals surface area contributed by atoms with E-state index in [1.807, 2.05) is 0 Å². The molecule has 0 bridgehead atoms. The van der Waals surface area contributed by atoms with E-state index in [9.17, 15) is 19.7 Å². The molecule has 0 aliphatic carbocycles. The first kappa shape index (κ1) is 21.9. The van der Waals surface area contributed by atoms with Crippen LogP contribution in [0.5, 0.6) is 0 Å². The standard InChI is InChI=1S/C21H15ClN4O4S/c22-17-10-3-1-8-15(17)19(27)23-13-6-5-7-14(12-13)24-21(31)25-20(28)16-9-2-4-11-18(16)26(29)30/h1-12H,(H,23,27)(H2,24,25,28,31). The highest BCUT2D eigenvalue weighted by molar-refractivity contribution is 7.80. The number of hydrogen-bond acceptors (Lipinski definition) is 5. The number of para-hydroxylation sites is 1. The third kappa shape index (κ3) is 5.62. The molecule has 0 aliphatic heterocycles. The molecule has 31 heavy (non-hydrogen) atoms. The minimum Gasteiger partial charge on any atom is -0.332 e. The number of carbonyl (C=O) groups excluding carboxylic acids is 2. The van der Waals surface area contributed by atoms with Crippen molar-refractivity contribution >= 4 is 57.8 Å². The molecule has 0 heterocycles. The molecule has 0 fully saturated rings. The van der Waals surface area contributed by atoms with Crippen molar-refractivity contribution in [3.05, 3.63) is 99.1 Å². The van der Waals surface area contributed by atoms with Crippen LogP contribution in [-0.4, -0.2) is 21.9 Å². The van der Waals surface area contributed by atoms with Crippen molar-refractivity contribution in [3.63, 3.8) is 0 Å². The molecule has 3 N–H and O–H groups in total. The molecule has 0 radical (unpaired) electrons. The van der Waals surface area contributed by atoms with Crippen molar-refractivity contribution in [3.8, 4) is 0 Å². The van der Waals surface area contributed by atoms with E-state index in [1.165, 1.54) is 24.3 Å². The zero-order valence-corrected chi connectivity index (χ0v) is 17.4. The number of nitrogens with zero attached hydrogens (tertiary/aromatic N) is 1. The summed E-state index contributed by atoms with van der Waals surface area (Å²) >= 11 is 11.2. The topological polar surface area (TPSA) is 113 Å². The van der Waals surface area contributed by atoms with E-state index in [0.717, 1.165) is 0 Å². The van der Waals surface area contributed by atoms with E-state index in [1.54, 1.807) is 48.5 Å². The number of benzene rings is 3. The van der Waals surface area contributed by atoms with E-state index in [0.29, 0.717) is 22.0 Å². The quantitative estimate of drug-likeness (QED) is 0.294. The fraction of sp³-hybridized carbons (Fsp3) is 0. The Morgan fingerprint density at radius 3 is 2.13 bits per heavy atom. The predicted octanol–water partition coefficient (Wildman–Crippen LogP) is 4.63. The van der Waals surface area contributed by atoms with E-state index in [2.05, 4.69) is 16.0 Å². The number of anilines is 2. The van der Waals surface area contributed by atoms with Crippen LogP contribution in [0.3, 0.4) is 0 Å². The average Bonchev–Trinajstić information content (AvgIpc) is 2.74. The van der Waals surface area contributed by atoms with E-state index in [4.69, 9.17) is 23.8 Å². The van der Waals surface area contributed by atoms with Gasteiger partial charge in [-0.2, -0.15) is 0 Å². The molecular formula is C21H15ClN4O4S. The van der Waals surface area contributed by atoms with Gasteiger partial charge in [0, 0.05) is 17.4 Å². The highest BCUT2D eigenvalue weighted by Gasteiger charge is 2.20. The molecule has 0 saturated heterocycles. The minimum absolute atomic E-state index is 0.0577. The second-order valence-corrected chi connectivity index (χ2v) is 7.01. The van der Waals surface area contributed by atoms with Gasteiger partial charge in [-0.25, -0.2) is 0 Å². The van der Waals surface area contributed by atoms with Crippen molar-refractivity contribution in [2.24, 2.45) is 0 Å². The van der Waals surface area contributed by atoms with Crippen LogP contribution in [-0.2, 0) is 0 Å². The van der Waals surface area contributed by atoms with Gasteiger partial charge < -0.3 is 10.6 Å². The molecule has 156 valence electrons. The first-order valence-electron chi connectivity index (χ1n) is 8.87. The SMILES string of the molecule is O=C(Nc1cccc(NC(=S)NC(=O)c2ccccc2[N+](=O)[O-])c1)c1ccccc1Cl. The molecule has 3 rings (SSSR count). The van der Waals surface area contributed by atoms with Gasteiger partial charge in [0.2, 0.25) is 0 Å². The van der Waals surface area contributed by atoms with E-state index >= 15 is 0 Å². The Bertz CT molecular complexity index is 1190. The summed E-state index contributed by atoms with van der Waals surface area (Å²) in [6.07, 6.45) is 0. The molecule has 0 unspecified atom stereocenters. The Hall–Kier alpha value is -3.82. The Kier molecular flexibility index (Phi) is 6.91. The summed E-state index contributed by atoms with van der Waals surface area (Å²) in [4.78, 5) is 35.2. The van der Waals surface area contributed by atoms with Gasteiger partial charge in [-0.15, -0.1) is 0 Å². The summed E-state index contributed by atoms with van der Waals surface area (Å²) < 4.78 is 0. The van der Waals surface area contributed by atoms with E-state index in [-0.39, 0.29) is 22.3 Å². The van der Waals surface area contributed by atoms with Gasteiger partial charge in [0.05, 0.1) is 15.5 Å². The Labute approximate surface area is 187 Å². The smallest absolute Gasteiger partial charge is 0.282 e. The lowest BCUT2D eigenvalue weighted by molar-refractivity contribution is -0.385. The van der Waals surface area contributed by atoms with Crippen LogP contribution < -0.4 is 16.0 Å². The van der Waals surface area contributed by atoms with Gasteiger partial charge in [0.25, 0.3) is 17.5 Å². The van der Waals surface area contributed by atoms with Crippen LogP contribution in [0.15, 0.2) is 72.8 Å². The van der Waals surface area contributed by atoms with Crippen molar-refractivity contribution < 1.29 is 14.5 Å². The summed E-state index contributed by atoms with van der Waals surface area (Å²) in [5.41, 5.74) is 0.854. The number of thiocarbonyl (C=S) groups is 1. The number of hydrogen-bond donors (Lipinski definition) is 3. The zero-order valence-electron chi connectivity index (χ0n) is 15.8. The average molecular weight is 455 g/mol. The van der Waals surface area contributed by atoms with Crippen LogP contribution in [0, 0.1) is 10.1 Å². The highest BCUT2D eigenvalue weighted by Crippen LogP contribution is 2.20. The summed E-state index contributed by atoms with van der Waals surface area (Å²) in [5, 5.41) is 19.3. The van der Waals surface area contributed by atoms with Gasteiger partial charge in [-0.05, 0) is 48.6 Å². The maximum absolute atomic E-state index is 12.4. The molecule has 0 saturated carbocycles. The second-order valence-electron chi connectivity index (χ2n) is 6.20. The third-order valence-electron chi connectivity index (χ3n) is 4.07. The van der Waals surface area contributed by atoms with Crippen molar-refractivity contribution in [1.29, 1.82) is 0 Å². The third-order valence-corrected chi connectivity index (χ3v) is 4.60. The number of nitro benzene ring substituents is 1. The maximum atomic E-state index is 12.4. The number of amides is 2. The lowest BCUT2D eigenvalue weighted by Gasteiger charge is -2.12. The van der Waals surface area contributed by atoms with Crippen LogP contribution in [0.1, 0.15) is 20.7 Å². The maximum Gasteiger partial charge on any atom is 0.282 e. The largest absolute Gasteiger partial charge is 0.332 e.